The SMILES string of the molecule is CCC(O)COc1c2ccccc2c(OCC(O)CC)c2cc(C(C)(C)CC)ccc12. The van der Waals surface area contributed by atoms with Crippen molar-refractivity contribution in [2.24, 2.45) is 0 Å². The summed E-state index contributed by atoms with van der Waals surface area (Å²) in [7, 11) is 0. The van der Waals surface area contributed by atoms with Crippen molar-refractivity contribution in [1.82, 2.24) is 0 Å². The molecule has 3 aromatic rings. The standard InChI is InChI=1S/C27H36O4/c1-6-19(28)16-30-25-21-11-9-10-12-22(21)26(31-17-20(29)7-2)24-15-18(13-14-23(24)25)27(4,5)8-3/h9-15,19-20,28-29H,6-8,16-17H2,1-5H3. The van der Waals surface area contributed by atoms with Crippen LogP contribution < -0.4 is 9.47 Å². The summed E-state index contributed by atoms with van der Waals surface area (Å²) in [6.45, 7) is 11.1. The van der Waals surface area contributed by atoms with Crippen LogP contribution in [0.5, 0.6) is 11.5 Å². The van der Waals surface area contributed by atoms with E-state index in [0.717, 1.165) is 39.5 Å². The Bertz CT molecular complexity index is 1020. The number of fused-ring (bicyclic) bond motifs is 2. The number of hydrogen-bond acceptors (Lipinski definition) is 4. The van der Waals surface area contributed by atoms with Crippen LogP contribution >= 0.6 is 0 Å². The van der Waals surface area contributed by atoms with Gasteiger partial charge in [-0.1, -0.05) is 71.0 Å². The zero-order valence-corrected chi connectivity index (χ0v) is 19.4. The highest BCUT2D eigenvalue weighted by Gasteiger charge is 2.22. The fraction of sp³-hybridized carbons (Fsp3) is 0.481. The number of hydrogen-bond donors (Lipinski definition) is 2. The molecule has 0 aromatic heterocycles. The van der Waals surface area contributed by atoms with Gasteiger partial charge in [0.25, 0.3) is 0 Å². The third-order valence-corrected chi connectivity index (χ3v) is 6.37. The fourth-order valence-electron chi connectivity index (χ4n) is 3.63. The van der Waals surface area contributed by atoms with Crippen LogP contribution in [-0.4, -0.2) is 35.6 Å². The molecule has 0 saturated carbocycles. The predicted octanol–water partition coefficient (Wildman–Crippen LogP) is 5.98. The van der Waals surface area contributed by atoms with Crippen molar-refractivity contribution >= 4 is 21.5 Å². The van der Waals surface area contributed by atoms with Crippen LogP contribution in [-0.2, 0) is 5.41 Å². The fourth-order valence-corrected chi connectivity index (χ4v) is 3.63. The second-order valence-corrected chi connectivity index (χ2v) is 8.95. The van der Waals surface area contributed by atoms with E-state index >= 15 is 0 Å². The highest BCUT2D eigenvalue weighted by Crippen LogP contribution is 2.44. The van der Waals surface area contributed by atoms with Crippen LogP contribution in [0.4, 0.5) is 0 Å². The van der Waals surface area contributed by atoms with Gasteiger partial charge in [-0.15, -0.1) is 0 Å². The van der Waals surface area contributed by atoms with Gasteiger partial charge in [-0.05, 0) is 36.3 Å². The molecular weight excluding hydrogens is 388 g/mol. The molecular formula is C27H36O4. The van der Waals surface area contributed by atoms with Crippen molar-refractivity contribution in [1.29, 1.82) is 0 Å². The number of aliphatic hydroxyl groups is 2. The van der Waals surface area contributed by atoms with Crippen LogP contribution in [0.25, 0.3) is 21.5 Å². The second-order valence-electron chi connectivity index (χ2n) is 8.95. The van der Waals surface area contributed by atoms with Crippen molar-refractivity contribution in [2.45, 2.75) is 71.5 Å². The number of ether oxygens (including phenoxy) is 2. The molecule has 31 heavy (non-hydrogen) atoms. The maximum Gasteiger partial charge on any atom is 0.135 e. The van der Waals surface area contributed by atoms with Gasteiger partial charge < -0.3 is 19.7 Å². The molecule has 3 rings (SSSR count). The van der Waals surface area contributed by atoms with Gasteiger partial charge in [0.2, 0.25) is 0 Å². The van der Waals surface area contributed by atoms with Crippen molar-refractivity contribution in [3.05, 3.63) is 48.0 Å². The molecule has 0 bridgehead atoms. The molecule has 168 valence electrons. The molecule has 0 aliphatic heterocycles. The number of aliphatic hydroxyl groups excluding tert-OH is 2. The van der Waals surface area contributed by atoms with Crippen LogP contribution in [0, 0.1) is 0 Å². The van der Waals surface area contributed by atoms with E-state index in [1.54, 1.807) is 0 Å². The van der Waals surface area contributed by atoms with Gasteiger partial charge in [-0.3, -0.25) is 0 Å². The Morgan fingerprint density at radius 1 is 0.742 bits per heavy atom. The lowest BCUT2D eigenvalue weighted by Crippen LogP contribution is -2.18. The van der Waals surface area contributed by atoms with E-state index in [0.29, 0.717) is 12.8 Å². The smallest absolute Gasteiger partial charge is 0.135 e. The average molecular weight is 425 g/mol. The molecule has 3 aromatic carbocycles. The number of rotatable bonds is 10. The Kier molecular flexibility index (Phi) is 7.45. The summed E-state index contributed by atoms with van der Waals surface area (Å²) in [5.74, 6) is 1.54. The van der Waals surface area contributed by atoms with E-state index in [1.807, 2.05) is 38.1 Å². The van der Waals surface area contributed by atoms with Crippen molar-refractivity contribution < 1.29 is 19.7 Å². The minimum Gasteiger partial charge on any atom is -0.490 e. The first kappa shape index (κ1) is 23.4. The lowest BCUT2D eigenvalue weighted by molar-refractivity contribution is 0.105. The third kappa shape index (κ3) is 4.97. The summed E-state index contributed by atoms with van der Waals surface area (Å²) in [5, 5.41) is 24.1. The van der Waals surface area contributed by atoms with Crippen molar-refractivity contribution in [3.8, 4) is 11.5 Å². The molecule has 4 heteroatoms. The minimum atomic E-state index is -0.514. The lowest BCUT2D eigenvalue weighted by Gasteiger charge is -2.25. The summed E-state index contributed by atoms with van der Waals surface area (Å²) >= 11 is 0. The Morgan fingerprint density at radius 2 is 1.23 bits per heavy atom. The van der Waals surface area contributed by atoms with Gasteiger partial charge in [0.05, 0.1) is 12.2 Å². The van der Waals surface area contributed by atoms with E-state index in [9.17, 15) is 10.2 Å². The first-order chi connectivity index (χ1) is 14.8. The summed E-state index contributed by atoms with van der Waals surface area (Å²) in [5.41, 5.74) is 1.26. The molecule has 0 saturated heterocycles. The van der Waals surface area contributed by atoms with E-state index < -0.39 is 12.2 Å². The van der Waals surface area contributed by atoms with Crippen LogP contribution in [0.1, 0.15) is 59.4 Å². The highest BCUT2D eigenvalue weighted by atomic mass is 16.5. The third-order valence-electron chi connectivity index (χ3n) is 6.37. The molecule has 2 N–H and O–H groups in total. The first-order valence-electron chi connectivity index (χ1n) is 11.4. The molecule has 0 radical (unpaired) electrons. The lowest BCUT2D eigenvalue weighted by atomic mass is 9.81. The van der Waals surface area contributed by atoms with Crippen molar-refractivity contribution in [3.63, 3.8) is 0 Å². The largest absolute Gasteiger partial charge is 0.490 e. The maximum atomic E-state index is 10.1. The van der Waals surface area contributed by atoms with Crippen molar-refractivity contribution in [2.75, 3.05) is 13.2 Å². The highest BCUT2D eigenvalue weighted by molar-refractivity contribution is 6.11. The summed E-state index contributed by atoms with van der Waals surface area (Å²) in [6, 6.07) is 14.5. The van der Waals surface area contributed by atoms with E-state index in [2.05, 4.69) is 39.0 Å². The Balaban J connectivity index is 2.27. The average Bonchev–Trinajstić information content (AvgIpc) is 2.80. The second kappa shape index (κ2) is 9.88. The molecule has 0 fully saturated rings. The van der Waals surface area contributed by atoms with Gasteiger partial charge in [0.1, 0.15) is 24.7 Å². The first-order valence-corrected chi connectivity index (χ1v) is 11.4. The van der Waals surface area contributed by atoms with Crippen LogP contribution in [0.3, 0.4) is 0 Å². The Hall–Kier alpha value is -2.30. The quantitative estimate of drug-likeness (QED) is 0.393. The zero-order valence-electron chi connectivity index (χ0n) is 19.4. The molecule has 0 aliphatic carbocycles. The van der Waals surface area contributed by atoms with Gasteiger partial charge in [0.15, 0.2) is 0 Å². The zero-order chi connectivity index (χ0) is 22.6. The van der Waals surface area contributed by atoms with E-state index in [1.165, 1.54) is 5.56 Å². The summed E-state index contributed by atoms with van der Waals surface area (Å²) in [6.07, 6.45) is 1.27. The number of benzene rings is 3. The van der Waals surface area contributed by atoms with Crippen LogP contribution in [0.2, 0.25) is 0 Å². The van der Waals surface area contributed by atoms with Gasteiger partial charge in [-0.2, -0.15) is 0 Å². The molecule has 0 amide bonds. The predicted molar refractivity (Wildman–Crippen MR) is 128 cm³/mol. The summed E-state index contributed by atoms with van der Waals surface area (Å²) < 4.78 is 12.4. The molecule has 4 nitrogen and oxygen atoms in total. The topological polar surface area (TPSA) is 58.9 Å². The molecule has 0 aliphatic rings. The van der Waals surface area contributed by atoms with E-state index in [4.69, 9.17) is 9.47 Å². The normalized spacial score (nSPS) is 14.0. The van der Waals surface area contributed by atoms with Gasteiger partial charge >= 0.3 is 0 Å². The van der Waals surface area contributed by atoms with Crippen LogP contribution in [0.15, 0.2) is 42.5 Å². The molecule has 0 spiro atoms. The Labute approximate surface area is 185 Å². The summed E-state index contributed by atoms with van der Waals surface area (Å²) in [4.78, 5) is 0. The minimum absolute atomic E-state index is 0.0272. The molecule has 0 heterocycles. The van der Waals surface area contributed by atoms with E-state index in [-0.39, 0.29) is 18.6 Å². The van der Waals surface area contributed by atoms with Gasteiger partial charge in [0, 0.05) is 21.5 Å². The Morgan fingerprint density at radius 3 is 1.71 bits per heavy atom. The van der Waals surface area contributed by atoms with Gasteiger partial charge in [-0.25, -0.2) is 0 Å². The molecule has 2 unspecified atom stereocenters. The maximum absolute atomic E-state index is 10.1. The monoisotopic (exact) mass is 424 g/mol. The molecule has 2 atom stereocenters.